The van der Waals surface area contributed by atoms with Gasteiger partial charge < -0.3 is 5.32 Å². The molecule has 1 saturated heterocycles. The van der Waals surface area contributed by atoms with Gasteiger partial charge in [0.25, 0.3) is 0 Å². The second-order valence-corrected chi connectivity index (χ2v) is 9.35. The molecule has 0 bridgehead atoms. The first kappa shape index (κ1) is 15.0. The van der Waals surface area contributed by atoms with Crippen LogP contribution in [0.3, 0.4) is 0 Å². The van der Waals surface area contributed by atoms with Crippen molar-refractivity contribution >= 4 is 27.1 Å². The molecule has 0 spiro atoms. The van der Waals surface area contributed by atoms with Gasteiger partial charge in [0.05, 0.1) is 23.5 Å². The van der Waals surface area contributed by atoms with Gasteiger partial charge in [0, 0.05) is 4.88 Å². The van der Waals surface area contributed by atoms with Gasteiger partial charge in [0.1, 0.15) is 0 Å². The van der Waals surface area contributed by atoms with Gasteiger partial charge in [-0.25, -0.2) is 8.42 Å². The van der Waals surface area contributed by atoms with Crippen molar-refractivity contribution in [3.8, 4) is 0 Å². The largest absolute Gasteiger partial charge is 0.348 e. The van der Waals surface area contributed by atoms with E-state index in [1.54, 1.807) is 11.3 Å². The lowest BCUT2D eigenvalue weighted by Gasteiger charge is -2.25. The average molecular weight is 327 g/mol. The van der Waals surface area contributed by atoms with Crippen LogP contribution < -0.4 is 5.32 Å². The number of hydrogen-bond donors (Lipinski definition) is 1. The van der Waals surface area contributed by atoms with Gasteiger partial charge in [-0.15, -0.1) is 11.3 Å². The minimum Gasteiger partial charge on any atom is -0.348 e. The molecular formula is C15H21NO3S2. The molecule has 0 unspecified atom stereocenters. The molecule has 21 heavy (non-hydrogen) atoms. The van der Waals surface area contributed by atoms with E-state index >= 15 is 0 Å². The number of rotatable bonds is 4. The number of nitrogens with one attached hydrogen (secondary N) is 1. The highest BCUT2D eigenvalue weighted by molar-refractivity contribution is 7.91. The second kappa shape index (κ2) is 6.08. The number of amides is 1. The summed E-state index contributed by atoms with van der Waals surface area (Å²) in [6, 6.07) is 4.14. The van der Waals surface area contributed by atoms with Gasteiger partial charge in [0.15, 0.2) is 9.84 Å². The summed E-state index contributed by atoms with van der Waals surface area (Å²) in [6.45, 7) is 0. The summed E-state index contributed by atoms with van der Waals surface area (Å²) in [5.74, 6) is 0.213. The van der Waals surface area contributed by atoms with Crippen LogP contribution in [0, 0.1) is 11.8 Å². The zero-order chi connectivity index (χ0) is 14.9. The lowest BCUT2D eigenvalue weighted by atomic mass is 9.95. The highest BCUT2D eigenvalue weighted by atomic mass is 32.2. The van der Waals surface area contributed by atoms with E-state index in [1.165, 1.54) is 17.7 Å². The van der Waals surface area contributed by atoms with E-state index in [4.69, 9.17) is 0 Å². The Morgan fingerprint density at radius 2 is 2.05 bits per heavy atom. The maximum atomic E-state index is 12.4. The molecule has 1 saturated carbocycles. The monoisotopic (exact) mass is 327 g/mol. The Hall–Kier alpha value is -0.880. The Kier molecular flexibility index (Phi) is 4.36. The van der Waals surface area contributed by atoms with E-state index in [9.17, 15) is 13.2 Å². The fraction of sp³-hybridized carbons (Fsp3) is 0.667. The normalized spacial score (nSPS) is 26.8. The van der Waals surface area contributed by atoms with Crippen molar-refractivity contribution in [3.05, 3.63) is 22.4 Å². The third-order valence-electron chi connectivity index (χ3n) is 4.62. The van der Waals surface area contributed by atoms with E-state index in [0.717, 1.165) is 12.8 Å². The molecule has 1 aromatic rings. The molecule has 0 radical (unpaired) electrons. The molecule has 116 valence electrons. The molecule has 1 N–H and O–H groups in total. The first-order chi connectivity index (χ1) is 10.1. The van der Waals surface area contributed by atoms with Gasteiger partial charge in [-0.05, 0) is 36.6 Å². The summed E-state index contributed by atoms with van der Waals surface area (Å²) < 4.78 is 23.1. The zero-order valence-electron chi connectivity index (χ0n) is 12.0. The quantitative estimate of drug-likeness (QED) is 0.924. The first-order valence-electron chi connectivity index (χ1n) is 7.59. The lowest BCUT2D eigenvalue weighted by molar-refractivity contribution is -0.125. The van der Waals surface area contributed by atoms with Gasteiger partial charge >= 0.3 is 0 Å². The number of sulfone groups is 1. The summed E-state index contributed by atoms with van der Waals surface area (Å²) in [4.78, 5) is 13.6. The van der Waals surface area contributed by atoms with Gasteiger partial charge in [0.2, 0.25) is 5.91 Å². The van der Waals surface area contributed by atoms with Crippen molar-refractivity contribution in [1.82, 2.24) is 5.32 Å². The van der Waals surface area contributed by atoms with Crippen LogP contribution in [0.25, 0.3) is 0 Å². The van der Waals surface area contributed by atoms with Crippen molar-refractivity contribution < 1.29 is 13.2 Å². The summed E-state index contributed by atoms with van der Waals surface area (Å²) in [7, 11) is -3.01. The molecular weight excluding hydrogens is 306 g/mol. The van der Waals surface area contributed by atoms with Gasteiger partial charge in [-0.1, -0.05) is 18.9 Å². The third-order valence-corrected chi connectivity index (χ3v) is 7.35. The summed E-state index contributed by atoms with van der Waals surface area (Å²) in [5.41, 5.74) is 0. The maximum absolute atomic E-state index is 12.4. The van der Waals surface area contributed by atoms with Crippen LogP contribution in [0.15, 0.2) is 17.5 Å². The SMILES string of the molecule is O=C(N[C@@H](c1cccs1)C1CCCC1)[C@@H]1CCS(=O)(=O)C1. The summed E-state index contributed by atoms with van der Waals surface area (Å²) >= 11 is 1.67. The molecule has 1 amide bonds. The molecule has 0 aromatic carbocycles. The number of carbonyl (C=O) groups excluding carboxylic acids is 1. The first-order valence-corrected chi connectivity index (χ1v) is 10.3. The standard InChI is InChI=1S/C15H21NO3S2/c17-15(12-7-9-21(18,19)10-12)16-14(11-4-1-2-5-11)13-6-3-8-20-13/h3,6,8,11-12,14H,1-2,4-5,7,9-10H2,(H,16,17)/t12-,14-/m1/s1. The van der Waals surface area contributed by atoms with Crippen LogP contribution in [-0.2, 0) is 14.6 Å². The molecule has 2 aliphatic rings. The molecule has 6 heteroatoms. The Balaban J connectivity index is 1.71. The topological polar surface area (TPSA) is 63.2 Å². The minimum absolute atomic E-state index is 0.0145. The Morgan fingerprint density at radius 3 is 2.62 bits per heavy atom. The Labute approximate surface area is 129 Å². The van der Waals surface area contributed by atoms with Crippen molar-refractivity contribution in [2.24, 2.45) is 11.8 Å². The van der Waals surface area contributed by atoms with Crippen LogP contribution in [0.5, 0.6) is 0 Å². The summed E-state index contributed by atoms with van der Waals surface area (Å²) in [5, 5.41) is 5.18. The molecule has 4 nitrogen and oxygen atoms in total. The second-order valence-electron chi connectivity index (χ2n) is 6.15. The maximum Gasteiger partial charge on any atom is 0.224 e. The van der Waals surface area contributed by atoms with E-state index in [0.29, 0.717) is 12.3 Å². The van der Waals surface area contributed by atoms with Gasteiger partial charge in [-0.3, -0.25) is 4.79 Å². The molecule has 3 rings (SSSR count). The number of hydrogen-bond acceptors (Lipinski definition) is 4. The van der Waals surface area contributed by atoms with Crippen molar-refractivity contribution in [2.75, 3.05) is 11.5 Å². The Bertz CT molecular complexity index is 588. The van der Waals surface area contributed by atoms with E-state index in [-0.39, 0.29) is 29.4 Å². The Morgan fingerprint density at radius 1 is 1.29 bits per heavy atom. The number of carbonyl (C=O) groups is 1. The lowest BCUT2D eigenvalue weighted by Crippen LogP contribution is -2.37. The van der Waals surface area contributed by atoms with Gasteiger partial charge in [-0.2, -0.15) is 0 Å². The van der Waals surface area contributed by atoms with Crippen LogP contribution in [-0.4, -0.2) is 25.8 Å². The highest BCUT2D eigenvalue weighted by Crippen LogP contribution is 2.37. The van der Waals surface area contributed by atoms with E-state index in [1.807, 2.05) is 11.4 Å². The molecule has 2 fully saturated rings. The molecule has 1 aromatic heterocycles. The van der Waals surface area contributed by atoms with E-state index in [2.05, 4.69) is 11.4 Å². The van der Waals surface area contributed by atoms with Crippen LogP contribution in [0.1, 0.15) is 43.0 Å². The third kappa shape index (κ3) is 3.48. The predicted molar refractivity (Wildman–Crippen MR) is 83.9 cm³/mol. The molecule has 2 atom stereocenters. The summed E-state index contributed by atoms with van der Waals surface area (Å²) in [6.07, 6.45) is 5.20. The van der Waals surface area contributed by atoms with Crippen molar-refractivity contribution in [1.29, 1.82) is 0 Å². The predicted octanol–water partition coefficient (Wildman–Crippen LogP) is 2.53. The number of thiophene rings is 1. The van der Waals surface area contributed by atoms with Crippen molar-refractivity contribution in [2.45, 2.75) is 38.1 Å². The van der Waals surface area contributed by atoms with Crippen LogP contribution >= 0.6 is 11.3 Å². The smallest absolute Gasteiger partial charge is 0.224 e. The molecule has 1 aliphatic carbocycles. The molecule has 2 heterocycles. The zero-order valence-corrected chi connectivity index (χ0v) is 13.6. The van der Waals surface area contributed by atoms with Crippen LogP contribution in [0.2, 0.25) is 0 Å². The average Bonchev–Trinajstić information content (AvgIpc) is 3.17. The minimum atomic E-state index is -3.01. The highest BCUT2D eigenvalue weighted by Gasteiger charge is 2.36. The fourth-order valence-electron chi connectivity index (χ4n) is 3.45. The van der Waals surface area contributed by atoms with Crippen LogP contribution in [0.4, 0.5) is 0 Å². The van der Waals surface area contributed by atoms with E-state index < -0.39 is 9.84 Å². The fourth-order valence-corrected chi connectivity index (χ4v) is 6.06. The van der Waals surface area contributed by atoms with Crippen molar-refractivity contribution in [3.63, 3.8) is 0 Å². The molecule has 1 aliphatic heterocycles.